The van der Waals surface area contributed by atoms with Crippen LogP contribution in [0.5, 0.6) is 0 Å². The average molecular weight is 476 g/mol. The number of carbonyl (C=O) groups is 2. The lowest BCUT2D eigenvalue weighted by molar-refractivity contribution is -0.128. The fourth-order valence-corrected chi connectivity index (χ4v) is 4.58. The molecule has 2 amide bonds. The molecule has 2 aromatic carbocycles. The minimum absolute atomic E-state index is 0.0409. The fourth-order valence-electron chi connectivity index (χ4n) is 3.76. The molecule has 4 aromatic rings. The number of aryl methyl sites for hydroxylation is 1. The first kappa shape index (κ1) is 23.6. The van der Waals surface area contributed by atoms with Crippen LogP contribution in [0.2, 0.25) is 0 Å². The Hall–Kier alpha value is -3.52. The summed E-state index contributed by atoms with van der Waals surface area (Å²) in [5.74, 6) is -0.461. The summed E-state index contributed by atoms with van der Waals surface area (Å²) in [5.41, 5.74) is 2.74. The molecular weight excluding hydrogens is 446 g/mol. The number of nitrogens with zero attached hydrogens (tertiary/aromatic N) is 4. The molecular formula is C26H29N5O2S. The standard InChI is InChI=1S/C26H29N5O2S/c1-5-26(3,4)27-25(33)24(22-14-9-15-34-22)31(19-11-8-10-18(2)16-19)23(32)17-30-21-13-7-6-12-20(21)28-29-30/h6-16,24H,5,17H2,1-4H3,(H,27,33)/t24-/m0/s1. The highest BCUT2D eigenvalue weighted by atomic mass is 32.1. The number of aromatic nitrogens is 3. The molecule has 7 nitrogen and oxygen atoms in total. The van der Waals surface area contributed by atoms with Crippen molar-refractivity contribution >= 4 is 39.9 Å². The molecule has 8 heteroatoms. The molecule has 1 atom stereocenters. The molecule has 0 aliphatic heterocycles. The molecule has 0 unspecified atom stereocenters. The smallest absolute Gasteiger partial charge is 0.249 e. The van der Waals surface area contributed by atoms with Gasteiger partial charge in [0.05, 0.1) is 5.52 Å². The van der Waals surface area contributed by atoms with Crippen molar-refractivity contribution in [3.63, 3.8) is 0 Å². The monoisotopic (exact) mass is 475 g/mol. The van der Waals surface area contributed by atoms with E-state index in [1.165, 1.54) is 11.3 Å². The summed E-state index contributed by atoms with van der Waals surface area (Å²) < 4.78 is 1.58. The van der Waals surface area contributed by atoms with E-state index in [4.69, 9.17) is 0 Å². The zero-order valence-corrected chi connectivity index (χ0v) is 20.7. The van der Waals surface area contributed by atoms with E-state index in [-0.39, 0.29) is 18.4 Å². The molecule has 0 spiro atoms. The number of rotatable bonds is 8. The largest absolute Gasteiger partial charge is 0.349 e. The van der Waals surface area contributed by atoms with Crippen LogP contribution in [0, 0.1) is 6.92 Å². The molecule has 0 saturated heterocycles. The maximum absolute atomic E-state index is 13.9. The summed E-state index contributed by atoms with van der Waals surface area (Å²) in [6.45, 7) is 7.92. The van der Waals surface area contributed by atoms with Gasteiger partial charge in [-0.1, -0.05) is 42.5 Å². The molecule has 0 aliphatic rings. The Balaban J connectivity index is 1.78. The Labute approximate surface area is 203 Å². The number of para-hydroxylation sites is 1. The van der Waals surface area contributed by atoms with Crippen LogP contribution in [0.4, 0.5) is 5.69 Å². The van der Waals surface area contributed by atoms with Crippen molar-refractivity contribution in [3.05, 3.63) is 76.5 Å². The summed E-state index contributed by atoms with van der Waals surface area (Å²) in [4.78, 5) is 30.0. The van der Waals surface area contributed by atoms with E-state index in [9.17, 15) is 9.59 Å². The maximum atomic E-state index is 13.9. The second-order valence-electron chi connectivity index (χ2n) is 8.98. The van der Waals surface area contributed by atoms with Gasteiger partial charge in [0.1, 0.15) is 18.1 Å². The van der Waals surface area contributed by atoms with E-state index >= 15 is 0 Å². The predicted molar refractivity (Wildman–Crippen MR) is 136 cm³/mol. The zero-order valence-electron chi connectivity index (χ0n) is 19.9. The van der Waals surface area contributed by atoms with Gasteiger partial charge in [0.2, 0.25) is 11.8 Å². The summed E-state index contributed by atoms with van der Waals surface area (Å²) >= 11 is 1.46. The van der Waals surface area contributed by atoms with Gasteiger partial charge in [-0.2, -0.15) is 0 Å². The van der Waals surface area contributed by atoms with Crippen molar-refractivity contribution in [1.82, 2.24) is 20.3 Å². The Bertz CT molecular complexity index is 1300. The molecule has 4 rings (SSSR count). The molecule has 176 valence electrons. The van der Waals surface area contributed by atoms with Gasteiger partial charge < -0.3 is 5.32 Å². The Morgan fingerprint density at radius 3 is 2.62 bits per heavy atom. The summed E-state index contributed by atoms with van der Waals surface area (Å²) in [7, 11) is 0. The van der Waals surface area contributed by atoms with Gasteiger partial charge in [-0.3, -0.25) is 14.5 Å². The van der Waals surface area contributed by atoms with E-state index < -0.39 is 11.6 Å². The number of thiophene rings is 1. The Morgan fingerprint density at radius 1 is 1.12 bits per heavy atom. The number of nitrogens with one attached hydrogen (secondary N) is 1. The zero-order chi connectivity index (χ0) is 24.3. The second-order valence-corrected chi connectivity index (χ2v) is 9.96. The van der Waals surface area contributed by atoms with Crippen LogP contribution < -0.4 is 10.2 Å². The molecule has 0 bridgehead atoms. The van der Waals surface area contributed by atoms with Crippen LogP contribution in [0.25, 0.3) is 11.0 Å². The average Bonchev–Trinajstić information content (AvgIpc) is 3.47. The molecule has 34 heavy (non-hydrogen) atoms. The Morgan fingerprint density at radius 2 is 1.91 bits per heavy atom. The van der Waals surface area contributed by atoms with E-state index in [0.29, 0.717) is 5.69 Å². The third kappa shape index (κ3) is 5.02. The lowest BCUT2D eigenvalue weighted by Crippen LogP contribution is -2.50. The third-order valence-electron chi connectivity index (χ3n) is 5.92. The lowest BCUT2D eigenvalue weighted by atomic mass is 10.0. The predicted octanol–water partition coefficient (Wildman–Crippen LogP) is 4.88. The molecule has 2 heterocycles. The second kappa shape index (κ2) is 9.77. The van der Waals surface area contributed by atoms with E-state index in [1.807, 2.05) is 93.7 Å². The SMILES string of the molecule is CCC(C)(C)NC(=O)[C@H](c1cccs1)N(C(=O)Cn1nnc2ccccc21)c1cccc(C)c1. The summed E-state index contributed by atoms with van der Waals surface area (Å²) in [5, 5.41) is 13.4. The molecule has 2 aromatic heterocycles. The number of hydrogen-bond donors (Lipinski definition) is 1. The van der Waals surface area contributed by atoms with Crippen LogP contribution in [-0.2, 0) is 16.1 Å². The van der Waals surface area contributed by atoms with Crippen molar-refractivity contribution in [2.75, 3.05) is 4.90 Å². The van der Waals surface area contributed by atoms with E-state index in [0.717, 1.165) is 27.9 Å². The summed E-state index contributed by atoms with van der Waals surface area (Å²) in [6.07, 6.45) is 0.763. The number of hydrogen-bond acceptors (Lipinski definition) is 5. The van der Waals surface area contributed by atoms with Crippen LogP contribution in [0.3, 0.4) is 0 Å². The minimum Gasteiger partial charge on any atom is -0.349 e. The lowest BCUT2D eigenvalue weighted by Gasteiger charge is -2.34. The number of carbonyl (C=O) groups excluding carboxylic acids is 2. The highest BCUT2D eigenvalue weighted by Gasteiger charge is 2.36. The minimum atomic E-state index is -0.810. The van der Waals surface area contributed by atoms with Crippen molar-refractivity contribution in [1.29, 1.82) is 0 Å². The van der Waals surface area contributed by atoms with Gasteiger partial charge >= 0.3 is 0 Å². The first-order valence-electron chi connectivity index (χ1n) is 11.3. The third-order valence-corrected chi connectivity index (χ3v) is 6.84. The van der Waals surface area contributed by atoms with Crippen LogP contribution in [0.1, 0.15) is 43.7 Å². The number of anilines is 1. The van der Waals surface area contributed by atoms with Gasteiger partial charge in [0.15, 0.2) is 0 Å². The molecule has 0 saturated carbocycles. The van der Waals surface area contributed by atoms with Gasteiger partial charge in [0, 0.05) is 16.1 Å². The maximum Gasteiger partial charge on any atom is 0.249 e. The number of amides is 2. The van der Waals surface area contributed by atoms with Crippen molar-refractivity contribution in [2.45, 2.75) is 52.2 Å². The fraction of sp³-hybridized carbons (Fsp3) is 0.308. The molecule has 0 fully saturated rings. The first-order chi connectivity index (χ1) is 16.3. The van der Waals surface area contributed by atoms with Crippen molar-refractivity contribution in [3.8, 4) is 0 Å². The first-order valence-corrected chi connectivity index (χ1v) is 12.2. The van der Waals surface area contributed by atoms with Gasteiger partial charge in [0.25, 0.3) is 0 Å². The van der Waals surface area contributed by atoms with Gasteiger partial charge in [-0.25, -0.2) is 4.68 Å². The van der Waals surface area contributed by atoms with E-state index in [2.05, 4.69) is 15.6 Å². The highest BCUT2D eigenvalue weighted by molar-refractivity contribution is 7.10. The van der Waals surface area contributed by atoms with Gasteiger partial charge in [-0.15, -0.1) is 16.4 Å². The molecule has 1 N–H and O–H groups in total. The summed E-state index contributed by atoms with van der Waals surface area (Å²) in [6, 6.07) is 18.2. The normalized spacial score (nSPS) is 12.5. The molecule has 0 aliphatic carbocycles. The van der Waals surface area contributed by atoms with Crippen LogP contribution >= 0.6 is 11.3 Å². The highest BCUT2D eigenvalue weighted by Crippen LogP contribution is 2.32. The van der Waals surface area contributed by atoms with Gasteiger partial charge in [-0.05, 0) is 68.5 Å². The van der Waals surface area contributed by atoms with E-state index in [1.54, 1.807) is 9.58 Å². The number of benzene rings is 2. The van der Waals surface area contributed by atoms with Crippen molar-refractivity contribution in [2.24, 2.45) is 0 Å². The molecule has 0 radical (unpaired) electrons. The van der Waals surface area contributed by atoms with Crippen LogP contribution in [-0.4, -0.2) is 32.3 Å². The number of fused-ring (bicyclic) bond motifs is 1. The van der Waals surface area contributed by atoms with Crippen molar-refractivity contribution < 1.29 is 9.59 Å². The Kier molecular flexibility index (Phi) is 6.79. The topological polar surface area (TPSA) is 80.1 Å². The quantitative estimate of drug-likeness (QED) is 0.394. The van der Waals surface area contributed by atoms with Crippen LogP contribution in [0.15, 0.2) is 66.0 Å².